The highest BCUT2D eigenvalue weighted by molar-refractivity contribution is 5.56. The average molecular weight is 220 g/mol. The average Bonchev–Trinajstić information content (AvgIpc) is 2.75. The SMILES string of the molecule is OCCCc1nc(-c2cccc(O)c2)no1. The first kappa shape index (κ1) is 10.6. The minimum absolute atomic E-state index is 0.101. The molecule has 84 valence electrons. The van der Waals surface area contributed by atoms with Gasteiger partial charge in [0.2, 0.25) is 11.7 Å². The van der Waals surface area contributed by atoms with Crippen LogP contribution in [0.2, 0.25) is 0 Å². The third-order valence-corrected chi connectivity index (χ3v) is 2.12. The highest BCUT2D eigenvalue weighted by atomic mass is 16.5. The number of hydrogen-bond acceptors (Lipinski definition) is 5. The molecular weight excluding hydrogens is 208 g/mol. The van der Waals surface area contributed by atoms with Gasteiger partial charge in [-0.15, -0.1) is 0 Å². The first-order valence-electron chi connectivity index (χ1n) is 5.02. The highest BCUT2D eigenvalue weighted by Crippen LogP contribution is 2.20. The van der Waals surface area contributed by atoms with Gasteiger partial charge in [0.15, 0.2) is 0 Å². The van der Waals surface area contributed by atoms with E-state index in [-0.39, 0.29) is 12.4 Å². The van der Waals surface area contributed by atoms with E-state index < -0.39 is 0 Å². The zero-order valence-electron chi connectivity index (χ0n) is 8.63. The second kappa shape index (κ2) is 4.76. The Morgan fingerprint density at radius 1 is 1.31 bits per heavy atom. The van der Waals surface area contributed by atoms with E-state index in [1.165, 1.54) is 0 Å². The van der Waals surface area contributed by atoms with Gasteiger partial charge in [0, 0.05) is 18.6 Å². The van der Waals surface area contributed by atoms with Gasteiger partial charge in [0.1, 0.15) is 5.75 Å². The Bertz CT molecular complexity index is 468. The number of aryl methyl sites for hydroxylation is 1. The number of rotatable bonds is 4. The van der Waals surface area contributed by atoms with Gasteiger partial charge in [0.05, 0.1) is 0 Å². The van der Waals surface area contributed by atoms with Crippen molar-refractivity contribution in [1.29, 1.82) is 0 Å². The van der Waals surface area contributed by atoms with Crippen LogP contribution >= 0.6 is 0 Å². The number of phenols is 1. The number of aromatic hydroxyl groups is 1. The van der Waals surface area contributed by atoms with Crippen LogP contribution in [-0.4, -0.2) is 27.0 Å². The van der Waals surface area contributed by atoms with Crippen LogP contribution in [0.25, 0.3) is 11.4 Å². The van der Waals surface area contributed by atoms with Crippen LogP contribution < -0.4 is 0 Å². The fraction of sp³-hybridized carbons (Fsp3) is 0.273. The van der Waals surface area contributed by atoms with Crippen LogP contribution in [0.1, 0.15) is 12.3 Å². The maximum atomic E-state index is 9.30. The fourth-order valence-corrected chi connectivity index (χ4v) is 1.35. The molecule has 5 heteroatoms. The molecule has 0 saturated carbocycles. The summed E-state index contributed by atoms with van der Waals surface area (Å²) >= 11 is 0. The van der Waals surface area contributed by atoms with Crippen molar-refractivity contribution in [1.82, 2.24) is 10.1 Å². The highest BCUT2D eigenvalue weighted by Gasteiger charge is 2.08. The van der Waals surface area contributed by atoms with Crippen LogP contribution in [0, 0.1) is 0 Å². The molecular formula is C11H12N2O3. The number of nitrogens with zero attached hydrogens (tertiary/aromatic N) is 2. The Labute approximate surface area is 92.4 Å². The van der Waals surface area contributed by atoms with E-state index in [0.29, 0.717) is 30.1 Å². The zero-order chi connectivity index (χ0) is 11.4. The molecule has 2 rings (SSSR count). The maximum Gasteiger partial charge on any atom is 0.227 e. The second-order valence-corrected chi connectivity index (χ2v) is 3.39. The van der Waals surface area contributed by atoms with Crippen LogP contribution in [0.15, 0.2) is 28.8 Å². The molecule has 0 bridgehead atoms. The quantitative estimate of drug-likeness (QED) is 0.813. The third-order valence-electron chi connectivity index (χ3n) is 2.12. The molecule has 1 aromatic heterocycles. The standard InChI is InChI=1S/C11H12N2O3/c14-6-2-5-10-12-11(13-16-10)8-3-1-4-9(15)7-8/h1,3-4,7,14-15H,2,5-6H2. The largest absolute Gasteiger partial charge is 0.508 e. The van der Waals surface area contributed by atoms with Crippen LogP contribution in [0.5, 0.6) is 5.75 Å². The van der Waals surface area contributed by atoms with E-state index >= 15 is 0 Å². The molecule has 1 aromatic carbocycles. The van der Waals surface area contributed by atoms with E-state index in [1.807, 2.05) is 0 Å². The lowest BCUT2D eigenvalue weighted by molar-refractivity contribution is 0.278. The Morgan fingerprint density at radius 2 is 2.19 bits per heavy atom. The van der Waals surface area contributed by atoms with Gasteiger partial charge >= 0.3 is 0 Å². The summed E-state index contributed by atoms with van der Waals surface area (Å²) < 4.78 is 5.01. The molecule has 0 amide bonds. The molecule has 0 atom stereocenters. The fourth-order valence-electron chi connectivity index (χ4n) is 1.35. The van der Waals surface area contributed by atoms with Crippen molar-refractivity contribution in [3.8, 4) is 17.1 Å². The van der Waals surface area contributed by atoms with Crippen molar-refractivity contribution in [3.63, 3.8) is 0 Å². The Kier molecular flexibility index (Phi) is 3.16. The minimum atomic E-state index is 0.101. The second-order valence-electron chi connectivity index (χ2n) is 3.39. The van der Waals surface area contributed by atoms with Gasteiger partial charge in [-0.1, -0.05) is 17.3 Å². The van der Waals surface area contributed by atoms with E-state index in [9.17, 15) is 5.11 Å². The number of phenolic OH excluding ortho intramolecular Hbond substituents is 1. The summed E-state index contributed by atoms with van der Waals surface area (Å²) in [4.78, 5) is 4.16. The first-order valence-corrected chi connectivity index (χ1v) is 5.02. The summed E-state index contributed by atoms with van der Waals surface area (Å²) in [5.74, 6) is 1.11. The van der Waals surface area contributed by atoms with Crippen LogP contribution in [0.3, 0.4) is 0 Å². The van der Waals surface area contributed by atoms with Crippen molar-refractivity contribution in [2.24, 2.45) is 0 Å². The van der Waals surface area contributed by atoms with Crippen molar-refractivity contribution in [2.45, 2.75) is 12.8 Å². The maximum absolute atomic E-state index is 9.30. The molecule has 0 spiro atoms. The third kappa shape index (κ3) is 2.38. The first-order chi connectivity index (χ1) is 7.79. The number of hydrogen-bond donors (Lipinski definition) is 2. The lowest BCUT2D eigenvalue weighted by atomic mass is 10.2. The monoisotopic (exact) mass is 220 g/mol. The van der Waals surface area contributed by atoms with Gasteiger partial charge in [0.25, 0.3) is 0 Å². The lowest BCUT2D eigenvalue weighted by Gasteiger charge is -1.94. The Morgan fingerprint density at radius 3 is 2.94 bits per heavy atom. The lowest BCUT2D eigenvalue weighted by Crippen LogP contribution is -1.89. The number of benzene rings is 1. The van der Waals surface area contributed by atoms with Crippen LogP contribution in [-0.2, 0) is 6.42 Å². The molecule has 0 aliphatic rings. The summed E-state index contributed by atoms with van der Waals surface area (Å²) in [7, 11) is 0. The number of aliphatic hydroxyl groups is 1. The van der Waals surface area contributed by atoms with E-state index in [4.69, 9.17) is 9.63 Å². The molecule has 5 nitrogen and oxygen atoms in total. The van der Waals surface area contributed by atoms with Crippen molar-refractivity contribution in [3.05, 3.63) is 30.2 Å². The molecule has 16 heavy (non-hydrogen) atoms. The molecule has 0 radical (unpaired) electrons. The zero-order valence-corrected chi connectivity index (χ0v) is 8.63. The van der Waals surface area contributed by atoms with E-state index in [2.05, 4.69) is 10.1 Å². The summed E-state index contributed by atoms with van der Waals surface area (Å²) in [6.07, 6.45) is 1.16. The molecule has 0 aliphatic heterocycles. The van der Waals surface area contributed by atoms with E-state index in [1.54, 1.807) is 24.3 Å². The number of aliphatic hydroxyl groups excluding tert-OH is 1. The van der Waals surface area contributed by atoms with Crippen molar-refractivity contribution < 1.29 is 14.7 Å². The molecule has 0 aliphatic carbocycles. The summed E-state index contributed by atoms with van der Waals surface area (Å²) in [5.41, 5.74) is 0.707. The molecule has 2 aromatic rings. The Balaban J connectivity index is 2.18. The van der Waals surface area contributed by atoms with E-state index in [0.717, 1.165) is 0 Å². The summed E-state index contributed by atoms with van der Waals surface area (Å²) in [6, 6.07) is 6.66. The minimum Gasteiger partial charge on any atom is -0.508 e. The van der Waals surface area contributed by atoms with Gasteiger partial charge < -0.3 is 14.7 Å². The molecule has 1 heterocycles. The summed E-state index contributed by atoms with van der Waals surface area (Å²) in [5, 5.41) is 21.8. The molecule has 0 unspecified atom stereocenters. The predicted molar refractivity (Wildman–Crippen MR) is 56.8 cm³/mol. The Hall–Kier alpha value is -1.88. The smallest absolute Gasteiger partial charge is 0.227 e. The number of aromatic nitrogens is 2. The van der Waals surface area contributed by atoms with Crippen LogP contribution in [0.4, 0.5) is 0 Å². The molecule has 0 saturated heterocycles. The van der Waals surface area contributed by atoms with Crippen molar-refractivity contribution in [2.75, 3.05) is 6.61 Å². The molecule has 2 N–H and O–H groups in total. The van der Waals surface area contributed by atoms with Gasteiger partial charge in [-0.25, -0.2) is 0 Å². The van der Waals surface area contributed by atoms with Crippen molar-refractivity contribution >= 4 is 0 Å². The summed E-state index contributed by atoms with van der Waals surface area (Å²) in [6.45, 7) is 0.101. The predicted octanol–water partition coefficient (Wildman–Crippen LogP) is 1.37. The van der Waals surface area contributed by atoms with Gasteiger partial charge in [-0.05, 0) is 18.6 Å². The molecule has 0 fully saturated rings. The normalized spacial score (nSPS) is 10.6. The van der Waals surface area contributed by atoms with Gasteiger partial charge in [-0.3, -0.25) is 0 Å². The van der Waals surface area contributed by atoms with Gasteiger partial charge in [-0.2, -0.15) is 4.98 Å². The topological polar surface area (TPSA) is 79.4 Å².